The van der Waals surface area contributed by atoms with Crippen molar-refractivity contribution >= 4 is 33.7 Å². The Morgan fingerprint density at radius 2 is 0.568 bits per heavy atom. The summed E-state index contributed by atoms with van der Waals surface area (Å²) in [7, 11) is 0. The van der Waals surface area contributed by atoms with Gasteiger partial charge in [-0.2, -0.15) is 0 Å². The zero-order chi connectivity index (χ0) is 28.0. The fourth-order valence-corrected chi connectivity index (χ4v) is 4.91. The van der Waals surface area contributed by atoms with Crippen molar-refractivity contribution in [3.63, 3.8) is 0 Å². The van der Waals surface area contributed by atoms with Gasteiger partial charge in [-0.1, -0.05) is 163 Å². The van der Waals surface area contributed by atoms with Crippen LogP contribution in [0.25, 0.3) is 0 Å². The van der Waals surface area contributed by atoms with E-state index >= 15 is 0 Å². The van der Waals surface area contributed by atoms with Gasteiger partial charge in [0.2, 0.25) is 10.5 Å². The molecule has 4 heteroatoms. The average Bonchev–Trinajstić information content (AvgIpc) is 2.82. The maximum atomic E-state index is 10.5. The van der Waals surface area contributed by atoms with Gasteiger partial charge >= 0.3 is 0 Å². The van der Waals surface area contributed by atoms with E-state index in [0.29, 0.717) is 12.8 Å². The first-order chi connectivity index (χ1) is 17.8. The van der Waals surface area contributed by atoms with Crippen molar-refractivity contribution in [3.8, 4) is 0 Å². The number of unbranched alkanes of at least 4 members (excludes halogenated alkanes) is 19. The first-order valence-corrected chi connectivity index (χ1v) is 16.9. The second-order valence-electron chi connectivity index (χ2n) is 12.0. The van der Waals surface area contributed by atoms with Gasteiger partial charge in [0.1, 0.15) is 0 Å². The number of halogens is 2. The molecule has 0 bridgehead atoms. The molecule has 0 fully saturated rings. The summed E-state index contributed by atoms with van der Waals surface area (Å²) in [5.41, 5.74) is 0. The summed E-state index contributed by atoms with van der Waals surface area (Å²) < 4.78 is 0. The Morgan fingerprint density at radius 1 is 0.378 bits per heavy atom. The van der Waals surface area contributed by atoms with E-state index in [1.54, 1.807) is 0 Å². The zero-order valence-electron chi connectivity index (χ0n) is 25.4. The van der Waals surface area contributed by atoms with Crippen LogP contribution in [0.1, 0.15) is 188 Å². The highest BCUT2D eigenvalue weighted by Gasteiger charge is 1.99. The van der Waals surface area contributed by atoms with Crippen LogP contribution < -0.4 is 0 Å². The van der Waals surface area contributed by atoms with E-state index in [1.165, 1.54) is 122 Å². The van der Waals surface area contributed by atoms with E-state index in [9.17, 15) is 9.59 Å². The Bertz CT molecular complexity index is 477. The van der Waals surface area contributed by atoms with Gasteiger partial charge in [0, 0.05) is 12.8 Å². The molecule has 0 saturated heterocycles. The number of rotatable bonds is 27. The zero-order valence-corrected chi connectivity index (χ0v) is 26.9. The summed E-state index contributed by atoms with van der Waals surface area (Å²) >= 11 is 10.6. The minimum atomic E-state index is -0.184. The van der Waals surface area contributed by atoms with Gasteiger partial charge in [-0.05, 0) is 47.9 Å². The van der Waals surface area contributed by atoms with Crippen molar-refractivity contribution in [2.45, 2.75) is 188 Å². The molecule has 0 heterocycles. The lowest BCUT2D eigenvalue weighted by Gasteiger charge is -2.04. The third kappa shape index (κ3) is 43.2. The molecule has 0 aliphatic carbocycles. The summed E-state index contributed by atoms with van der Waals surface area (Å²) in [5.74, 6) is 1.74. The topological polar surface area (TPSA) is 34.1 Å². The van der Waals surface area contributed by atoms with Gasteiger partial charge in [0.05, 0.1) is 0 Å². The predicted octanol–water partition coefficient (Wildman–Crippen LogP) is 12.6. The van der Waals surface area contributed by atoms with Crippen molar-refractivity contribution in [1.29, 1.82) is 0 Å². The molecule has 0 spiro atoms. The minimum absolute atomic E-state index is 0.183. The summed E-state index contributed by atoms with van der Waals surface area (Å²) in [6.07, 6.45) is 31.5. The van der Waals surface area contributed by atoms with Crippen molar-refractivity contribution < 1.29 is 9.59 Å². The third-order valence-corrected chi connectivity index (χ3v) is 7.44. The van der Waals surface area contributed by atoms with Crippen LogP contribution >= 0.6 is 23.2 Å². The van der Waals surface area contributed by atoms with Gasteiger partial charge < -0.3 is 0 Å². The summed E-state index contributed by atoms with van der Waals surface area (Å²) in [6, 6.07) is 0. The van der Waals surface area contributed by atoms with Gasteiger partial charge in [0.25, 0.3) is 0 Å². The molecule has 0 amide bonds. The largest absolute Gasteiger partial charge is 0.281 e. The highest BCUT2D eigenvalue weighted by Crippen LogP contribution is 2.15. The first-order valence-electron chi connectivity index (χ1n) is 16.1. The SMILES string of the molecule is CC(C)CCCCCCCCCCCCC(=O)Cl.CC(C)CCCCCCCCCCCCCC(=O)Cl. The lowest BCUT2D eigenvalue weighted by molar-refractivity contribution is -0.112. The van der Waals surface area contributed by atoms with E-state index in [2.05, 4.69) is 27.7 Å². The molecule has 0 aromatic heterocycles. The lowest BCUT2D eigenvalue weighted by Crippen LogP contribution is -1.88. The number of carbonyl (C=O) groups excluding carboxylic acids is 2. The fraction of sp³-hybridized carbons (Fsp3) is 0.939. The molecule has 2 nitrogen and oxygen atoms in total. The van der Waals surface area contributed by atoms with E-state index in [-0.39, 0.29) is 10.5 Å². The Kier molecular flexibility index (Phi) is 33.9. The Morgan fingerprint density at radius 3 is 0.757 bits per heavy atom. The van der Waals surface area contributed by atoms with Crippen LogP contribution in [-0.4, -0.2) is 10.5 Å². The molecule has 0 atom stereocenters. The molecule has 0 unspecified atom stereocenters. The normalized spacial score (nSPS) is 11.1. The van der Waals surface area contributed by atoms with E-state index in [1.807, 2.05) is 0 Å². The molecule has 0 aliphatic heterocycles. The van der Waals surface area contributed by atoms with E-state index in [0.717, 1.165) is 37.5 Å². The summed E-state index contributed by atoms with van der Waals surface area (Å²) in [6.45, 7) is 9.22. The van der Waals surface area contributed by atoms with Crippen LogP contribution in [0.2, 0.25) is 0 Å². The smallest absolute Gasteiger partial charge is 0.221 e. The van der Waals surface area contributed by atoms with Gasteiger partial charge in [-0.15, -0.1) is 0 Å². The molecular weight excluding hydrogens is 499 g/mol. The molecule has 0 aromatic carbocycles. The van der Waals surface area contributed by atoms with Crippen LogP contribution in [0.3, 0.4) is 0 Å². The number of carbonyl (C=O) groups is 2. The first kappa shape index (κ1) is 39.1. The molecule has 0 saturated carbocycles. The van der Waals surface area contributed by atoms with Crippen LogP contribution in [-0.2, 0) is 9.59 Å². The number of hydrogen-bond acceptors (Lipinski definition) is 2. The maximum absolute atomic E-state index is 10.5. The third-order valence-electron chi connectivity index (χ3n) is 7.06. The second kappa shape index (κ2) is 32.1. The molecule has 0 N–H and O–H groups in total. The van der Waals surface area contributed by atoms with Crippen LogP contribution in [0.5, 0.6) is 0 Å². The average molecular weight is 564 g/mol. The van der Waals surface area contributed by atoms with Crippen LogP contribution in [0.4, 0.5) is 0 Å². The Balaban J connectivity index is 0. The summed E-state index contributed by atoms with van der Waals surface area (Å²) in [5, 5.41) is -0.367. The highest BCUT2D eigenvalue weighted by molar-refractivity contribution is 6.63. The van der Waals surface area contributed by atoms with Crippen molar-refractivity contribution in [2.75, 3.05) is 0 Å². The van der Waals surface area contributed by atoms with Crippen LogP contribution in [0, 0.1) is 11.8 Å². The fourth-order valence-electron chi connectivity index (χ4n) is 4.64. The highest BCUT2D eigenvalue weighted by atomic mass is 35.5. The second-order valence-corrected chi connectivity index (χ2v) is 12.8. The van der Waals surface area contributed by atoms with E-state index < -0.39 is 0 Å². The maximum Gasteiger partial charge on any atom is 0.221 e. The molecule has 37 heavy (non-hydrogen) atoms. The van der Waals surface area contributed by atoms with Crippen molar-refractivity contribution in [3.05, 3.63) is 0 Å². The molecule has 0 rings (SSSR count). The molecule has 0 aromatic rings. The Hall–Kier alpha value is -0.0800. The quantitative estimate of drug-likeness (QED) is 0.0736. The van der Waals surface area contributed by atoms with Crippen molar-refractivity contribution in [2.24, 2.45) is 11.8 Å². The molecular formula is C33H64Cl2O2. The summed E-state index contributed by atoms with van der Waals surface area (Å²) in [4.78, 5) is 21.0. The monoisotopic (exact) mass is 562 g/mol. The van der Waals surface area contributed by atoms with Gasteiger partial charge in [0.15, 0.2) is 0 Å². The van der Waals surface area contributed by atoms with E-state index in [4.69, 9.17) is 23.2 Å². The minimum Gasteiger partial charge on any atom is -0.281 e. The lowest BCUT2D eigenvalue weighted by atomic mass is 10.0. The van der Waals surface area contributed by atoms with Gasteiger partial charge in [-0.3, -0.25) is 9.59 Å². The van der Waals surface area contributed by atoms with Crippen molar-refractivity contribution in [1.82, 2.24) is 0 Å². The molecule has 222 valence electrons. The van der Waals surface area contributed by atoms with Crippen LogP contribution in [0.15, 0.2) is 0 Å². The number of hydrogen-bond donors (Lipinski definition) is 0. The van der Waals surface area contributed by atoms with Gasteiger partial charge in [-0.25, -0.2) is 0 Å². The molecule has 0 radical (unpaired) electrons. The standard InChI is InChI=1S/C17H33ClO.C16H31ClO/c1-16(2)14-12-10-8-6-4-3-5-7-9-11-13-15-17(18)19;1-15(2)13-11-9-7-5-3-4-6-8-10-12-14-16(17)18/h16H,3-15H2,1-2H3;15H,3-14H2,1-2H3. The predicted molar refractivity (Wildman–Crippen MR) is 167 cm³/mol. The molecule has 0 aliphatic rings. The Labute approximate surface area is 242 Å².